The molecule has 0 radical (unpaired) electrons. The van der Waals surface area contributed by atoms with Crippen molar-refractivity contribution in [2.75, 3.05) is 5.32 Å². The molecule has 4 aromatic rings. The monoisotopic (exact) mass is 449 g/mol. The topological polar surface area (TPSA) is 93.8 Å². The van der Waals surface area contributed by atoms with Crippen LogP contribution in [0.5, 0.6) is 0 Å². The highest BCUT2D eigenvalue weighted by Gasteiger charge is 2.42. The molecular weight excluding hydrogens is 431 g/mol. The molecule has 0 aliphatic rings. The first-order valence-electron chi connectivity index (χ1n) is 9.90. The van der Waals surface area contributed by atoms with E-state index in [1.54, 1.807) is 12.1 Å². The fourth-order valence-corrected chi connectivity index (χ4v) is 3.94. The molecule has 0 aliphatic heterocycles. The quantitative estimate of drug-likeness (QED) is 0.428. The van der Waals surface area contributed by atoms with Crippen molar-refractivity contribution in [3.8, 4) is 0 Å². The van der Waals surface area contributed by atoms with Gasteiger partial charge in [-0.3, -0.25) is 5.32 Å². The summed E-state index contributed by atoms with van der Waals surface area (Å²) in [7, 11) is 0. The smallest absolute Gasteiger partial charge is 0.317 e. The third-order valence-corrected chi connectivity index (χ3v) is 5.28. The first-order chi connectivity index (χ1) is 15.9. The molecule has 0 bridgehead atoms. The second-order valence-corrected chi connectivity index (χ2v) is 7.28. The van der Waals surface area contributed by atoms with Crippen molar-refractivity contribution in [3.05, 3.63) is 119 Å². The average molecular weight is 449 g/mol. The molecule has 2 amide bonds. The van der Waals surface area contributed by atoms with Gasteiger partial charge in [-0.15, -0.1) is 0 Å². The van der Waals surface area contributed by atoms with E-state index in [9.17, 15) is 9.18 Å². The Hall–Kier alpha value is -4.27. The van der Waals surface area contributed by atoms with Gasteiger partial charge >= 0.3 is 6.03 Å². The molecular formula is C24H18F3N5O. The molecule has 4 rings (SSSR count). The van der Waals surface area contributed by atoms with Crippen LogP contribution in [0.2, 0.25) is 0 Å². The van der Waals surface area contributed by atoms with Crippen molar-refractivity contribution in [3.63, 3.8) is 0 Å². The molecule has 33 heavy (non-hydrogen) atoms. The molecule has 9 heteroatoms. The van der Waals surface area contributed by atoms with Crippen LogP contribution in [0.25, 0.3) is 0 Å². The Morgan fingerprint density at radius 1 is 0.848 bits per heavy atom. The average Bonchev–Trinajstić information content (AvgIpc) is 2.79. The predicted octanol–water partition coefficient (Wildman–Crippen LogP) is 4.36. The third-order valence-electron chi connectivity index (χ3n) is 5.28. The number of rotatable bonds is 6. The Morgan fingerprint density at radius 2 is 1.45 bits per heavy atom. The molecule has 0 saturated carbocycles. The zero-order chi connectivity index (χ0) is 23.4. The highest BCUT2D eigenvalue weighted by molar-refractivity contribution is 5.86. The highest BCUT2D eigenvalue weighted by Crippen LogP contribution is 2.43. The van der Waals surface area contributed by atoms with E-state index in [0.29, 0.717) is 11.3 Å². The van der Waals surface area contributed by atoms with Gasteiger partial charge in [0.15, 0.2) is 0 Å². The maximum absolute atomic E-state index is 15.2. The first kappa shape index (κ1) is 21.9. The number of nitrogens with one attached hydrogen (secondary N) is 1. The lowest BCUT2D eigenvalue weighted by Gasteiger charge is -2.35. The van der Waals surface area contributed by atoms with Gasteiger partial charge in [0.2, 0.25) is 11.9 Å². The Balaban J connectivity index is 2.02. The fourth-order valence-electron chi connectivity index (χ4n) is 3.94. The molecule has 1 aromatic carbocycles. The number of hydrogen-bond acceptors (Lipinski definition) is 4. The highest BCUT2D eigenvalue weighted by atomic mass is 19.1. The van der Waals surface area contributed by atoms with Gasteiger partial charge in [0, 0.05) is 35.6 Å². The van der Waals surface area contributed by atoms with E-state index in [0.717, 1.165) is 0 Å². The molecule has 3 N–H and O–H groups in total. The van der Waals surface area contributed by atoms with E-state index in [1.807, 2.05) is 0 Å². The number of halogens is 3. The number of primary amides is 1. The maximum atomic E-state index is 15.2. The molecule has 0 unspecified atom stereocenters. The number of amides is 2. The lowest BCUT2D eigenvalue weighted by molar-refractivity contribution is 0.259. The van der Waals surface area contributed by atoms with Crippen molar-refractivity contribution >= 4 is 11.8 Å². The van der Waals surface area contributed by atoms with E-state index in [4.69, 9.17) is 5.73 Å². The minimum Gasteiger partial charge on any atom is -0.351 e. The van der Waals surface area contributed by atoms with Gasteiger partial charge in [-0.05, 0) is 42.0 Å². The number of urea groups is 1. The lowest BCUT2D eigenvalue weighted by atomic mass is 9.67. The van der Waals surface area contributed by atoms with Crippen LogP contribution < -0.4 is 11.1 Å². The lowest BCUT2D eigenvalue weighted by Crippen LogP contribution is -2.35. The Morgan fingerprint density at radius 3 is 2.00 bits per heavy atom. The number of benzene rings is 1. The summed E-state index contributed by atoms with van der Waals surface area (Å²) in [4.78, 5) is 23.2. The maximum Gasteiger partial charge on any atom is 0.317 e. The molecule has 0 fully saturated rings. The van der Waals surface area contributed by atoms with E-state index in [1.165, 1.54) is 67.0 Å². The van der Waals surface area contributed by atoms with Gasteiger partial charge in [0.05, 0.1) is 5.41 Å². The van der Waals surface area contributed by atoms with Crippen molar-refractivity contribution < 1.29 is 18.0 Å². The fraction of sp³-hybridized carbons (Fsp3) is 0.0833. The van der Waals surface area contributed by atoms with E-state index < -0.39 is 29.2 Å². The summed E-state index contributed by atoms with van der Waals surface area (Å²) in [6, 6.07) is 15.4. The molecule has 0 aliphatic carbocycles. The van der Waals surface area contributed by atoms with Crippen LogP contribution in [0.15, 0.2) is 79.1 Å². The summed E-state index contributed by atoms with van der Waals surface area (Å²) in [5.41, 5.74) is 4.57. The van der Waals surface area contributed by atoms with Crippen molar-refractivity contribution in [1.29, 1.82) is 0 Å². The number of hydrogen-bond donors (Lipinski definition) is 2. The van der Waals surface area contributed by atoms with Crippen LogP contribution in [0.3, 0.4) is 0 Å². The van der Waals surface area contributed by atoms with Crippen molar-refractivity contribution in [2.45, 2.75) is 11.8 Å². The van der Waals surface area contributed by atoms with Gasteiger partial charge < -0.3 is 5.73 Å². The summed E-state index contributed by atoms with van der Waals surface area (Å²) < 4.78 is 44.2. The van der Waals surface area contributed by atoms with Crippen LogP contribution in [0, 0.1) is 17.7 Å². The number of pyridine rings is 3. The zero-order valence-electron chi connectivity index (χ0n) is 17.2. The Bertz CT molecular complexity index is 1250. The van der Waals surface area contributed by atoms with Gasteiger partial charge in [-0.2, -0.15) is 8.78 Å². The number of nitrogens with two attached hydrogens (primary N) is 1. The number of carbonyl (C=O) groups is 1. The summed E-state index contributed by atoms with van der Waals surface area (Å²) >= 11 is 0. The van der Waals surface area contributed by atoms with Crippen LogP contribution >= 0.6 is 0 Å². The van der Waals surface area contributed by atoms with E-state index in [2.05, 4.69) is 20.3 Å². The SMILES string of the molecule is NC(=O)Nc1cccc(CC(c2ccc(F)cc2)(c2cccnc2F)c2cccnc2F)n1. The molecule has 6 nitrogen and oxygen atoms in total. The molecule has 3 aromatic heterocycles. The molecule has 3 heterocycles. The number of anilines is 1. The molecule has 0 saturated heterocycles. The van der Waals surface area contributed by atoms with Crippen LogP contribution in [0.4, 0.5) is 23.8 Å². The summed E-state index contributed by atoms with van der Waals surface area (Å²) in [5.74, 6) is -1.98. The minimum atomic E-state index is -1.51. The van der Waals surface area contributed by atoms with Crippen molar-refractivity contribution in [1.82, 2.24) is 15.0 Å². The van der Waals surface area contributed by atoms with Gasteiger partial charge in [0.25, 0.3) is 0 Å². The second kappa shape index (κ2) is 9.07. The zero-order valence-corrected chi connectivity index (χ0v) is 17.2. The normalized spacial score (nSPS) is 11.2. The first-order valence-corrected chi connectivity index (χ1v) is 9.90. The van der Waals surface area contributed by atoms with Gasteiger partial charge in [-0.1, -0.05) is 30.3 Å². The van der Waals surface area contributed by atoms with E-state index in [-0.39, 0.29) is 23.4 Å². The number of aromatic nitrogens is 3. The predicted molar refractivity (Wildman–Crippen MR) is 116 cm³/mol. The number of carbonyl (C=O) groups excluding carboxylic acids is 1. The number of nitrogens with zero attached hydrogens (tertiary/aromatic N) is 3. The molecule has 0 spiro atoms. The third kappa shape index (κ3) is 4.38. The summed E-state index contributed by atoms with van der Waals surface area (Å²) in [5, 5.41) is 2.39. The summed E-state index contributed by atoms with van der Waals surface area (Å²) in [6.07, 6.45) is 2.51. The van der Waals surface area contributed by atoms with Crippen LogP contribution in [-0.2, 0) is 11.8 Å². The van der Waals surface area contributed by atoms with Gasteiger partial charge in [0.1, 0.15) is 11.6 Å². The Labute approximate surface area is 187 Å². The second-order valence-electron chi connectivity index (χ2n) is 7.28. The van der Waals surface area contributed by atoms with Crippen molar-refractivity contribution in [2.24, 2.45) is 5.73 Å². The standard InChI is InChI=1S/C24H18F3N5O/c25-16-10-8-15(9-11-16)24(18-5-2-12-29-21(18)26,19-6-3-13-30-22(19)27)14-17-4-1-7-20(31-17)32-23(28)33/h1-13H,14H2,(H3,28,31,32,33). The minimum absolute atomic E-state index is 0.0542. The van der Waals surface area contributed by atoms with Crippen LogP contribution in [0.1, 0.15) is 22.4 Å². The van der Waals surface area contributed by atoms with Gasteiger partial charge in [-0.25, -0.2) is 24.1 Å². The Kier molecular flexibility index (Phi) is 6.03. The molecule has 0 atom stereocenters. The summed E-state index contributed by atoms with van der Waals surface area (Å²) in [6.45, 7) is 0. The van der Waals surface area contributed by atoms with E-state index >= 15 is 8.78 Å². The van der Waals surface area contributed by atoms with Crippen LogP contribution in [-0.4, -0.2) is 21.0 Å². The largest absolute Gasteiger partial charge is 0.351 e. The molecule has 166 valence electrons.